The predicted octanol–water partition coefficient (Wildman–Crippen LogP) is 4.27. The van der Waals surface area contributed by atoms with E-state index in [9.17, 15) is 24.1 Å². The molecule has 0 heterocycles. The lowest BCUT2D eigenvalue weighted by Gasteiger charge is -2.18. The minimum absolute atomic E-state index is 0.270. The van der Waals surface area contributed by atoms with Gasteiger partial charge in [-0.05, 0) is 30.3 Å². The van der Waals surface area contributed by atoms with Gasteiger partial charge < -0.3 is 10.1 Å². The van der Waals surface area contributed by atoms with Crippen molar-refractivity contribution in [2.75, 3.05) is 5.32 Å². The molecule has 0 bridgehead atoms. The number of para-hydroxylation sites is 1. The number of nitrogens with one attached hydrogen (secondary N) is 1. The van der Waals surface area contributed by atoms with Gasteiger partial charge in [-0.2, -0.15) is 0 Å². The smallest absolute Gasteiger partial charge is 0.346 e. The lowest BCUT2D eigenvalue weighted by Crippen LogP contribution is -2.26. The third-order valence-corrected chi connectivity index (χ3v) is 4.00. The molecule has 3 aromatic rings. The first kappa shape index (κ1) is 19.7. The fraction of sp³-hybridized carbons (Fsp3) is 0.0476. The number of carbonyl (C=O) groups excluding carboxylic acids is 2. The van der Waals surface area contributed by atoms with Gasteiger partial charge in [-0.1, -0.05) is 42.5 Å². The highest BCUT2D eigenvalue weighted by molar-refractivity contribution is 5.99. The average molecular weight is 394 g/mol. The molecule has 0 aliphatic rings. The molecule has 0 aliphatic carbocycles. The van der Waals surface area contributed by atoms with Crippen LogP contribution in [0.2, 0.25) is 0 Å². The highest BCUT2D eigenvalue weighted by Crippen LogP contribution is 2.25. The summed E-state index contributed by atoms with van der Waals surface area (Å²) in [6.07, 6.45) is -1.37. The maximum absolute atomic E-state index is 13.1. The van der Waals surface area contributed by atoms with Crippen LogP contribution in [-0.2, 0) is 9.53 Å². The van der Waals surface area contributed by atoms with Gasteiger partial charge in [0.05, 0.1) is 4.92 Å². The van der Waals surface area contributed by atoms with Gasteiger partial charge in [-0.3, -0.25) is 14.9 Å². The third-order valence-electron chi connectivity index (χ3n) is 4.00. The first-order valence-electron chi connectivity index (χ1n) is 8.51. The fourth-order valence-corrected chi connectivity index (χ4v) is 2.62. The first-order chi connectivity index (χ1) is 14.0. The molecular weight excluding hydrogens is 379 g/mol. The zero-order chi connectivity index (χ0) is 20.8. The number of hydrogen-bond acceptors (Lipinski definition) is 5. The molecule has 0 radical (unpaired) electrons. The highest BCUT2D eigenvalue weighted by Gasteiger charge is 2.29. The molecule has 146 valence electrons. The Morgan fingerprint density at radius 1 is 0.931 bits per heavy atom. The third kappa shape index (κ3) is 4.81. The van der Waals surface area contributed by atoms with Crippen LogP contribution in [0, 0.1) is 15.9 Å². The lowest BCUT2D eigenvalue weighted by atomic mass is 10.1. The zero-order valence-corrected chi connectivity index (χ0v) is 14.9. The van der Waals surface area contributed by atoms with Crippen molar-refractivity contribution in [3.05, 3.63) is 106 Å². The summed E-state index contributed by atoms with van der Waals surface area (Å²) in [6, 6.07) is 18.6. The summed E-state index contributed by atoms with van der Waals surface area (Å²) in [6.45, 7) is 0. The Labute approximate surface area is 164 Å². The van der Waals surface area contributed by atoms with Crippen molar-refractivity contribution < 1.29 is 23.6 Å². The number of rotatable bonds is 6. The molecule has 0 aliphatic heterocycles. The zero-order valence-electron chi connectivity index (χ0n) is 14.9. The maximum atomic E-state index is 13.1. The van der Waals surface area contributed by atoms with Crippen LogP contribution in [0.5, 0.6) is 0 Å². The number of nitro benzene ring substituents is 1. The minimum atomic E-state index is -1.37. The quantitative estimate of drug-likeness (QED) is 0.382. The van der Waals surface area contributed by atoms with Gasteiger partial charge in [0.1, 0.15) is 11.4 Å². The Kier molecular flexibility index (Phi) is 5.94. The van der Waals surface area contributed by atoms with E-state index in [0.29, 0.717) is 11.3 Å². The van der Waals surface area contributed by atoms with E-state index in [1.165, 1.54) is 48.5 Å². The predicted molar refractivity (Wildman–Crippen MR) is 103 cm³/mol. The number of nitrogens with zero attached hydrogens (tertiary/aromatic N) is 1. The van der Waals surface area contributed by atoms with Gasteiger partial charge >= 0.3 is 5.97 Å². The number of ether oxygens (including phenoxy) is 1. The number of nitro groups is 1. The molecule has 0 saturated carbocycles. The number of amides is 1. The van der Waals surface area contributed by atoms with Crippen LogP contribution >= 0.6 is 0 Å². The van der Waals surface area contributed by atoms with Crippen molar-refractivity contribution in [2.24, 2.45) is 0 Å². The molecule has 3 rings (SSSR count). The monoisotopic (exact) mass is 394 g/mol. The summed E-state index contributed by atoms with van der Waals surface area (Å²) in [5.41, 5.74) is -0.0191. The second kappa shape index (κ2) is 8.75. The minimum Gasteiger partial charge on any atom is -0.443 e. The van der Waals surface area contributed by atoms with Crippen molar-refractivity contribution in [1.82, 2.24) is 0 Å². The van der Waals surface area contributed by atoms with Crippen LogP contribution in [0.25, 0.3) is 0 Å². The number of esters is 1. The van der Waals surface area contributed by atoms with Crippen LogP contribution in [0.4, 0.5) is 15.8 Å². The van der Waals surface area contributed by atoms with Gasteiger partial charge in [-0.15, -0.1) is 0 Å². The van der Waals surface area contributed by atoms with Crippen LogP contribution in [0.1, 0.15) is 22.0 Å². The van der Waals surface area contributed by atoms with Crippen molar-refractivity contribution in [1.29, 1.82) is 0 Å². The van der Waals surface area contributed by atoms with E-state index in [4.69, 9.17) is 4.74 Å². The highest BCUT2D eigenvalue weighted by atomic mass is 19.1. The summed E-state index contributed by atoms with van der Waals surface area (Å²) in [5.74, 6) is -2.17. The Bertz CT molecular complexity index is 1040. The molecular formula is C21H15FN2O5. The van der Waals surface area contributed by atoms with E-state index in [0.717, 1.165) is 0 Å². The second-order valence-corrected chi connectivity index (χ2v) is 5.97. The Morgan fingerprint density at radius 2 is 1.55 bits per heavy atom. The summed E-state index contributed by atoms with van der Waals surface area (Å²) >= 11 is 0. The summed E-state index contributed by atoms with van der Waals surface area (Å²) in [7, 11) is 0. The molecule has 8 heteroatoms. The standard InChI is InChI=1S/C21H15FN2O5/c22-15-10-12-16(13-11-15)23-20(25)19(14-6-2-1-3-7-14)29-21(26)17-8-4-5-9-18(17)24(27)28/h1-13,19H,(H,23,25)/t19-/m1/s1. The topological polar surface area (TPSA) is 98.5 Å². The first-order valence-corrected chi connectivity index (χ1v) is 8.51. The van der Waals surface area contributed by atoms with Crippen molar-refractivity contribution in [2.45, 2.75) is 6.10 Å². The van der Waals surface area contributed by atoms with E-state index in [-0.39, 0.29) is 5.56 Å². The molecule has 0 fully saturated rings. The van der Waals surface area contributed by atoms with Crippen LogP contribution in [0.15, 0.2) is 78.9 Å². The molecule has 0 spiro atoms. The van der Waals surface area contributed by atoms with Gasteiger partial charge in [0, 0.05) is 17.3 Å². The summed E-state index contributed by atoms with van der Waals surface area (Å²) in [4.78, 5) is 35.8. The molecule has 1 atom stereocenters. The molecule has 29 heavy (non-hydrogen) atoms. The number of hydrogen-bond donors (Lipinski definition) is 1. The van der Waals surface area contributed by atoms with E-state index in [1.807, 2.05) is 0 Å². The van der Waals surface area contributed by atoms with E-state index in [1.54, 1.807) is 30.3 Å². The number of benzene rings is 3. The van der Waals surface area contributed by atoms with Gasteiger partial charge in [0.25, 0.3) is 11.6 Å². The lowest BCUT2D eigenvalue weighted by molar-refractivity contribution is -0.385. The molecule has 0 aromatic heterocycles. The Balaban J connectivity index is 1.88. The van der Waals surface area contributed by atoms with Crippen molar-refractivity contribution in [3.8, 4) is 0 Å². The van der Waals surface area contributed by atoms with Crippen molar-refractivity contribution >= 4 is 23.3 Å². The fourth-order valence-electron chi connectivity index (χ4n) is 2.62. The van der Waals surface area contributed by atoms with Crippen LogP contribution in [0.3, 0.4) is 0 Å². The molecule has 1 amide bonds. The second-order valence-electron chi connectivity index (χ2n) is 5.97. The van der Waals surface area contributed by atoms with Crippen LogP contribution < -0.4 is 5.32 Å². The largest absolute Gasteiger partial charge is 0.443 e. The normalized spacial score (nSPS) is 11.3. The van der Waals surface area contributed by atoms with Gasteiger partial charge in [0.2, 0.25) is 6.10 Å². The van der Waals surface area contributed by atoms with E-state index in [2.05, 4.69) is 5.32 Å². The number of carbonyl (C=O) groups is 2. The summed E-state index contributed by atoms with van der Waals surface area (Å²) < 4.78 is 18.4. The molecule has 1 N–H and O–H groups in total. The summed E-state index contributed by atoms with van der Waals surface area (Å²) in [5, 5.41) is 13.7. The Morgan fingerprint density at radius 3 is 2.21 bits per heavy atom. The van der Waals surface area contributed by atoms with Crippen molar-refractivity contribution in [3.63, 3.8) is 0 Å². The molecule has 7 nitrogen and oxygen atoms in total. The molecule has 0 unspecified atom stereocenters. The van der Waals surface area contributed by atoms with E-state index >= 15 is 0 Å². The van der Waals surface area contributed by atoms with Crippen LogP contribution in [-0.4, -0.2) is 16.8 Å². The van der Waals surface area contributed by atoms with Gasteiger partial charge in [-0.25, -0.2) is 9.18 Å². The molecule has 3 aromatic carbocycles. The number of halogens is 1. The SMILES string of the molecule is O=C(O[C@@H](C(=O)Nc1ccc(F)cc1)c1ccccc1)c1ccccc1[N+](=O)[O-]. The molecule has 0 saturated heterocycles. The average Bonchev–Trinajstić information content (AvgIpc) is 2.74. The number of anilines is 1. The van der Waals surface area contributed by atoms with Gasteiger partial charge in [0.15, 0.2) is 0 Å². The Hall–Kier alpha value is -4.07. The maximum Gasteiger partial charge on any atom is 0.346 e. The van der Waals surface area contributed by atoms with E-state index < -0.39 is 34.4 Å².